The molecule has 0 spiro atoms. The quantitative estimate of drug-likeness (QED) is 0.186. The molecule has 3 fully saturated rings. The Morgan fingerprint density at radius 1 is 1.19 bits per heavy atom. The maximum atomic E-state index is 12.0. The topological polar surface area (TPSA) is 143 Å². The Kier molecular flexibility index (Phi) is 6.62. The van der Waals surface area contributed by atoms with Crippen LogP contribution in [0.1, 0.15) is 25.7 Å². The van der Waals surface area contributed by atoms with Crippen molar-refractivity contribution in [2.75, 3.05) is 18.9 Å². The third kappa shape index (κ3) is 4.42. The molecule has 0 bridgehead atoms. The molecule has 9 nitrogen and oxygen atoms in total. The molecule has 148 valence electrons. The van der Waals surface area contributed by atoms with E-state index in [0.717, 1.165) is 25.0 Å². The predicted molar refractivity (Wildman–Crippen MR) is 96.8 cm³/mol. The maximum Gasteiger partial charge on any atom is 0.315 e. The van der Waals surface area contributed by atoms with Crippen LogP contribution in [0.5, 0.6) is 0 Å². The van der Waals surface area contributed by atoms with Crippen molar-refractivity contribution >= 4 is 23.7 Å². The molecule has 0 saturated carbocycles. The molecule has 3 aliphatic heterocycles. The van der Waals surface area contributed by atoms with E-state index in [1.54, 1.807) is 0 Å². The number of aliphatic hydroxyl groups is 3. The van der Waals surface area contributed by atoms with E-state index in [0.29, 0.717) is 11.7 Å². The number of carbonyl (C=O) groups is 2. The maximum absolute atomic E-state index is 12.0. The summed E-state index contributed by atoms with van der Waals surface area (Å²) in [5.41, 5.74) is 0. The van der Waals surface area contributed by atoms with E-state index < -0.39 is 24.3 Å². The number of aliphatic hydroxyl groups excluding tert-OH is 3. The van der Waals surface area contributed by atoms with Crippen molar-refractivity contribution in [3.05, 3.63) is 0 Å². The lowest BCUT2D eigenvalue weighted by molar-refractivity contribution is -0.121. The fourth-order valence-electron chi connectivity index (χ4n) is 3.87. The summed E-state index contributed by atoms with van der Waals surface area (Å²) in [6, 6.07) is -0.686. The molecule has 26 heavy (non-hydrogen) atoms. The van der Waals surface area contributed by atoms with Gasteiger partial charge in [0.1, 0.15) is 0 Å². The second kappa shape index (κ2) is 8.75. The molecule has 3 heterocycles. The number of hydrogen-bond donors (Lipinski definition) is 7. The number of unbranched alkanes of at least 4 members (excludes halogenated alkanes) is 1. The van der Waals surface area contributed by atoms with Crippen LogP contribution in [0.25, 0.3) is 0 Å². The Balaban J connectivity index is 1.28. The SMILES string of the molecule is O=C(CCCCC1SCC2NC(=O)NC21)NC[C@H]1N[C@H](CO)[C@@H](O)[C@@H]1O. The average Bonchev–Trinajstić information content (AvgIpc) is 3.25. The molecule has 0 aromatic heterocycles. The van der Waals surface area contributed by atoms with Crippen molar-refractivity contribution in [2.45, 2.75) is 67.3 Å². The molecule has 7 atom stereocenters. The minimum Gasteiger partial charge on any atom is -0.395 e. The zero-order valence-corrected chi connectivity index (χ0v) is 15.4. The van der Waals surface area contributed by atoms with Gasteiger partial charge in [0, 0.05) is 24.0 Å². The van der Waals surface area contributed by atoms with Gasteiger partial charge in [-0.05, 0) is 12.8 Å². The Morgan fingerprint density at radius 3 is 2.69 bits per heavy atom. The highest BCUT2D eigenvalue weighted by Gasteiger charge is 2.42. The first-order valence-electron chi connectivity index (χ1n) is 9.18. The average molecular weight is 388 g/mol. The van der Waals surface area contributed by atoms with Crippen molar-refractivity contribution in [1.29, 1.82) is 0 Å². The molecule has 3 amide bonds. The largest absolute Gasteiger partial charge is 0.395 e. The lowest BCUT2D eigenvalue weighted by atomic mass is 10.0. The third-order valence-electron chi connectivity index (χ3n) is 5.40. The molecule has 0 radical (unpaired) electrons. The van der Waals surface area contributed by atoms with Gasteiger partial charge in [-0.3, -0.25) is 4.79 Å². The van der Waals surface area contributed by atoms with E-state index in [1.807, 2.05) is 11.8 Å². The first-order chi connectivity index (χ1) is 12.5. The number of hydrogen-bond acceptors (Lipinski definition) is 7. The van der Waals surface area contributed by atoms with Gasteiger partial charge in [-0.1, -0.05) is 6.42 Å². The molecule has 7 N–H and O–H groups in total. The Labute approximate surface area is 156 Å². The van der Waals surface area contributed by atoms with E-state index in [1.165, 1.54) is 0 Å². The van der Waals surface area contributed by atoms with E-state index in [-0.39, 0.29) is 37.2 Å². The standard InChI is InChI=1S/C16H28N4O5S/c21-6-9-15(24)14(23)8(18-9)5-17-12(22)4-2-1-3-11-13-10(7-26-11)19-16(25)20-13/h8-11,13-15,18,21,23-24H,1-7H2,(H,17,22)(H2,19,20,25)/t8-,9-,10?,11?,13?,14-,15-/m1/s1. The minimum atomic E-state index is -1.03. The van der Waals surface area contributed by atoms with E-state index in [9.17, 15) is 19.8 Å². The van der Waals surface area contributed by atoms with Crippen molar-refractivity contribution in [3.63, 3.8) is 0 Å². The van der Waals surface area contributed by atoms with Gasteiger partial charge in [-0.15, -0.1) is 0 Å². The van der Waals surface area contributed by atoms with Gasteiger partial charge in [0.25, 0.3) is 0 Å². The van der Waals surface area contributed by atoms with Gasteiger partial charge in [-0.25, -0.2) is 4.79 Å². The first kappa shape index (κ1) is 19.7. The number of nitrogens with one attached hydrogen (secondary N) is 4. The molecule has 0 aromatic carbocycles. The van der Waals surface area contributed by atoms with Gasteiger partial charge < -0.3 is 36.6 Å². The summed E-state index contributed by atoms with van der Waals surface area (Å²) >= 11 is 1.87. The Bertz CT molecular complexity index is 525. The predicted octanol–water partition coefficient (Wildman–Crippen LogP) is -2.12. The molecule has 3 aliphatic rings. The van der Waals surface area contributed by atoms with Crippen LogP contribution in [0.2, 0.25) is 0 Å². The van der Waals surface area contributed by atoms with Crippen LogP contribution in [0.3, 0.4) is 0 Å². The van der Waals surface area contributed by atoms with Crippen molar-refractivity contribution in [1.82, 2.24) is 21.3 Å². The van der Waals surface area contributed by atoms with Gasteiger partial charge in [0.05, 0.1) is 43.0 Å². The Morgan fingerprint density at radius 2 is 1.96 bits per heavy atom. The number of amides is 3. The van der Waals surface area contributed by atoms with Crippen LogP contribution in [0, 0.1) is 0 Å². The smallest absolute Gasteiger partial charge is 0.315 e. The van der Waals surface area contributed by atoms with Crippen LogP contribution >= 0.6 is 11.8 Å². The van der Waals surface area contributed by atoms with Crippen LogP contribution in [-0.2, 0) is 4.79 Å². The van der Waals surface area contributed by atoms with Crippen LogP contribution in [0.15, 0.2) is 0 Å². The summed E-state index contributed by atoms with van der Waals surface area (Å²) < 4.78 is 0. The van der Waals surface area contributed by atoms with E-state index in [2.05, 4.69) is 21.3 Å². The van der Waals surface area contributed by atoms with Crippen molar-refractivity contribution in [2.24, 2.45) is 0 Å². The highest BCUT2D eigenvalue weighted by atomic mass is 32.2. The highest BCUT2D eigenvalue weighted by Crippen LogP contribution is 2.33. The Hall–Kier alpha value is -1.07. The summed E-state index contributed by atoms with van der Waals surface area (Å²) in [5, 5.41) is 40.7. The van der Waals surface area contributed by atoms with Gasteiger partial charge in [0.15, 0.2) is 0 Å². The normalized spacial score (nSPS) is 38.7. The highest BCUT2D eigenvalue weighted by molar-refractivity contribution is 8.00. The summed E-state index contributed by atoms with van der Waals surface area (Å²) in [6.07, 6.45) is 1.03. The van der Waals surface area contributed by atoms with Crippen LogP contribution in [-0.4, -0.2) is 87.8 Å². The number of carbonyl (C=O) groups excluding carboxylic acids is 2. The second-order valence-electron chi connectivity index (χ2n) is 7.22. The molecular weight excluding hydrogens is 360 g/mol. The van der Waals surface area contributed by atoms with Crippen molar-refractivity contribution in [3.8, 4) is 0 Å². The number of urea groups is 1. The monoisotopic (exact) mass is 388 g/mol. The lowest BCUT2D eigenvalue weighted by Gasteiger charge is -2.17. The number of fused-ring (bicyclic) bond motifs is 1. The molecule has 3 rings (SSSR count). The zero-order valence-electron chi connectivity index (χ0n) is 14.6. The zero-order chi connectivity index (χ0) is 18.7. The van der Waals surface area contributed by atoms with Crippen LogP contribution < -0.4 is 21.3 Å². The van der Waals surface area contributed by atoms with Gasteiger partial charge in [0.2, 0.25) is 5.91 Å². The molecule has 3 unspecified atom stereocenters. The second-order valence-corrected chi connectivity index (χ2v) is 8.49. The number of thioether (sulfide) groups is 1. The lowest BCUT2D eigenvalue weighted by Crippen LogP contribution is -2.44. The first-order valence-corrected chi connectivity index (χ1v) is 10.2. The fraction of sp³-hybridized carbons (Fsp3) is 0.875. The van der Waals surface area contributed by atoms with Gasteiger partial charge >= 0.3 is 6.03 Å². The molecular formula is C16H28N4O5S. The summed E-state index contributed by atoms with van der Waals surface area (Å²) in [5.74, 6) is 0.847. The van der Waals surface area contributed by atoms with Crippen LogP contribution in [0.4, 0.5) is 4.79 Å². The molecule has 3 saturated heterocycles. The van der Waals surface area contributed by atoms with Crippen molar-refractivity contribution < 1.29 is 24.9 Å². The third-order valence-corrected chi connectivity index (χ3v) is 6.91. The van der Waals surface area contributed by atoms with E-state index >= 15 is 0 Å². The molecule has 0 aromatic rings. The fourth-order valence-corrected chi connectivity index (χ4v) is 5.42. The summed E-state index contributed by atoms with van der Waals surface area (Å²) in [6.45, 7) is -0.0484. The van der Waals surface area contributed by atoms with E-state index in [4.69, 9.17) is 5.11 Å². The summed E-state index contributed by atoms with van der Waals surface area (Å²) in [7, 11) is 0. The summed E-state index contributed by atoms with van der Waals surface area (Å²) in [4.78, 5) is 23.3. The minimum absolute atomic E-state index is 0.0825. The number of rotatable bonds is 8. The molecule has 0 aliphatic carbocycles. The van der Waals surface area contributed by atoms with Gasteiger partial charge in [-0.2, -0.15) is 11.8 Å². The molecule has 10 heteroatoms.